The van der Waals surface area contributed by atoms with E-state index < -0.39 is 5.63 Å². The minimum atomic E-state index is -0.408. The highest BCUT2D eigenvalue weighted by atomic mass is 16.5. The first-order valence-electron chi connectivity index (χ1n) is 10.0. The van der Waals surface area contributed by atoms with Crippen molar-refractivity contribution < 1.29 is 13.9 Å². The predicted octanol–water partition coefficient (Wildman–Crippen LogP) is 1.71. The Hall–Kier alpha value is -2.38. The fourth-order valence-electron chi connectivity index (χ4n) is 3.35. The minimum absolute atomic E-state index is 0.0540. The Kier molecular flexibility index (Phi) is 7.45. The highest BCUT2D eigenvalue weighted by Crippen LogP contribution is 2.19. The summed E-state index contributed by atoms with van der Waals surface area (Å²) >= 11 is 0. The maximum atomic E-state index is 11.9. The summed E-state index contributed by atoms with van der Waals surface area (Å²) in [6.07, 6.45) is 2.04. The summed E-state index contributed by atoms with van der Waals surface area (Å²) in [5, 5.41) is 3.70. The molecule has 0 aliphatic carbocycles. The van der Waals surface area contributed by atoms with E-state index in [4.69, 9.17) is 9.15 Å². The van der Waals surface area contributed by atoms with E-state index in [1.165, 1.54) is 6.07 Å². The molecule has 2 aromatic rings. The molecule has 7 heteroatoms. The quantitative estimate of drug-likeness (QED) is 0.522. The van der Waals surface area contributed by atoms with Crippen LogP contribution in [0.1, 0.15) is 19.8 Å². The molecular formula is C21H29N3O4. The molecule has 2 heterocycles. The average molecular weight is 387 g/mol. The van der Waals surface area contributed by atoms with Crippen molar-refractivity contribution in [2.75, 3.05) is 52.4 Å². The van der Waals surface area contributed by atoms with Crippen molar-refractivity contribution in [2.24, 2.45) is 0 Å². The number of hydrogen-bond donors (Lipinski definition) is 1. The van der Waals surface area contributed by atoms with Crippen LogP contribution >= 0.6 is 0 Å². The largest absolute Gasteiger partial charge is 0.484 e. The number of amides is 1. The van der Waals surface area contributed by atoms with E-state index in [0.29, 0.717) is 17.9 Å². The fourth-order valence-corrected chi connectivity index (χ4v) is 3.35. The van der Waals surface area contributed by atoms with E-state index in [-0.39, 0.29) is 12.5 Å². The monoisotopic (exact) mass is 387 g/mol. The molecule has 1 amide bonds. The van der Waals surface area contributed by atoms with Crippen molar-refractivity contribution in [1.82, 2.24) is 15.1 Å². The number of unbranched alkanes of at least 4 members (excludes halogenated alkanes) is 1. The standard InChI is InChI=1S/C21H29N3O4/c1-2-23-11-13-24(14-12-23)10-4-3-9-22-20(25)16-27-18-7-5-17-6-8-21(26)28-19(17)15-18/h5-8,15H,2-4,9-14,16H2,1H3,(H,22,25). The van der Waals surface area contributed by atoms with Gasteiger partial charge in [0.15, 0.2) is 6.61 Å². The Balaban J connectivity index is 1.30. The summed E-state index contributed by atoms with van der Waals surface area (Å²) in [5.74, 6) is 0.356. The Morgan fingerprint density at radius 1 is 1.11 bits per heavy atom. The third-order valence-corrected chi connectivity index (χ3v) is 5.10. The number of rotatable bonds is 9. The van der Waals surface area contributed by atoms with Crippen molar-refractivity contribution in [1.29, 1.82) is 0 Å². The number of carbonyl (C=O) groups is 1. The summed E-state index contributed by atoms with van der Waals surface area (Å²) in [6.45, 7) is 9.62. The second kappa shape index (κ2) is 10.2. The topological polar surface area (TPSA) is 75.0 Å². The number of ether oxygens (including phenoxy) is 1. The van der Waals surface area contributed by atoms with Gasteiger partial charge >= 0.3 is 5.63 Å². The Bertz CT molecular complexity index is 828. The van der Waals surface area contributed by atoms with Crippen LogP contribution in [0.4, 0.5) is 0 Å². The van der Waals surface area contributed by atoms with Crippen molar-refractivity contribution in [2.45, 2.75) is 19.8 Å². The zero-order valence-electron chi connectivity index (χ0n) is 16.5. The van der Waals surface area contributed by atoms with E-state index in [9.17, 15) is 9.59 Å². The number of nitrogens with one attached hydrogen (secondary N) is 1. The van der Waals surface area contributed by atoms with E-state index in [0.717, 1.165) is 57.5 Å². The van der Waals surface area contributed by atoms with Crippen LogP contribution in [0, 0.1) is 0 Å². The number of nitrogens with zero attached hydrogens (tertiary/aromatic N) is 2. The van der Waals surface area contributed by atoms with Crippen LogP contribution in [-0.4, -0.2) is 68.1 Å². The highest BCUT2D eigenvalue weighted by Gasteiger charge is 2.14. The van der Waals surface area contributed by atoms with Crippen LogP contribution in [0.25, 0.3) is 11.0 Å². The number of piperazine rings is 1. The lowest BCUT2D eigenvalue weighted by Gasteiger charge is -2.33. The Labute approximate surface area is 165 Å². The molecule has 152 valence electrons. The van der Waals surface area contributed by atoms with Crippen molar-refractivity contribution >= 4 is 16.9 Å². The summed E-state index contributed by atoms with van der Waals surface area (Å²) in [4.78, 5) is 28.2. The van der Waals surface area contributed by atoms with E-state index in [1.54, 1.807) is 24.3 Å². The molecule has 1 N–H and O–H groups in total. The Morgan fingerprint density at radius 3 is 2.64 bits per heavy atom. The second-order valence-corrected chi connectivity index (χ2v) is 7.08. The number of hydrogen-bond acceptors (Lipinski definition) is 6. The molecule has 0 unspecified atom stereocenters. The lowest BCUT2D eigenvalue weighted by molar-refractivity contribution is -0.123. The third kappa shape index (κ3) is 6.07. The second-order valence-electron chi connectivity index (χ2n) is 7.08. The van der Waals surface area contributed by atoms with Crippen LogP contribution in [0.3, 0.4) is 0 Å². The predicted molar refractivity (Wildman–Crippen MR) is 109 cm³/mol. The van der Waals surface area contributed by atoms with Gasteiger partial charge < -0.3 is 24.3 Å². The van der Waals surface area contributed by atoms with Gasteiger partial charge in [-0.15, -0.1) is 0 Å². The van der Waals surface area contributed by atoms with E-state index >= 15 is 0 Å². The van der Waals surface area contributed by atoms with Gasteiger partial charge in [-0.25, -0.2) is 4.79 Å². The summed E-state index contributed by atoms with van der Waals surface area (Å²) in [5.41, 5.74) is 0.0415. The van der Waals surface area contributed by atoms with Crippen LogP contribution in [-0.2, 0) is 4.79 Å². The molecule has 28 heavy (non-hydrogen) atoms. The van der Waals surface area contributed by atoms with Gasteiger partial charge in [0.25, 0.3) is 5.91 Å². The van der Waals surface area contributed by atoms with Gasteiger partial charge in [-0.05, 0) is 44.1 Å². The molecular weight excluding hydrogens is 358 g/mol. The SMILES string of the molecule is CCN1CCN(CCCCNC(=O)COc2ccc3ccc(=O)oc3c2)CC1. The smallest absolute Gasteiger partial charge is 0.336 e. The number of carbonyl (C=O) groups excluding carboxylic acids is 1. The lowest BCUT2D eigenvalue weighted by Crippen LogP contribution is -2.46. The van der Waals surface area contributed by atoms with Crippen molar-refractivity contribution in [3.8, 4) is 5.75 Å². The fraction of sp³-hybridized carbons (Fsp3) is 0.524. The van der Waals surface area contributed by atoms with Crippen LogP contribution < -0.4 is 15.7 Å². The van der Waals surface area contributed by atoms with E-state index in [1.807, 2.05) is 0 Å². The summed E-state index contributed by atoms with van der Waals surface area (Å²) < 4.78 is 10.6. The lowest BCUT2D eigenvalue weighted by atomic mass is 10.2. The van der Waals surface area contributed by atoms with Gasteiger partial charge in [-0.1, -0.05) is 6.92 Å². The molecule has 1 aliphatic heterocycles. The zero-order chi connectivity index (χ0) is 19.8. The third-order valence-electron chi connectivity index (χ3n) is 5.10. The summed E-state index contributed by atoms with van der Waals surface area (Å²) in [6, 6.07) is 8.25. The normalized spacial score (nSPS) is 15.6. The molecule has 1 aromatic carbocycles. The van der Waals surface area contributed by atoms with Gasteiger partial charge in [-0.2, -0.15) is 0 Å². The first-order chi connectivity index (χ1) is 13.6. The van der Waals surface area contributed by atoms with Gasteiger partial charge in [0.1, 0.15) is 11.3 Å². The van der Waals surface area contributed by atoms with Gasteiger partial charge in [0, 0.05) is 50.2 Å². The molecule has 1 saturated heterocycles. The molecule has 1 aromatic heterocycles. The summed E-state index contributed by atoms with van der Waals surface area (Å²) in [7, 11) is 0. The van der Waals surface area contributed by atoms with Gasteiger partial charge in [0.2, 0.25) is 0 Å². The highest BCUT2D eigenvalue weighted by molar-refractivity contribution is 5.79. The molecule has 0 radical (unpaired) electrons. The zero-order valence-corrected chi connectivity index (χ0v) is 16.5. The molecule has 7 nitrogen and oxygen atoms in total. The first-order valence-corrected chi connectivity index (χ1v) is 10.0. The molecule has 1 aliphatic rings. The average Bonchev–Trinajstić information content (AvgIpc) is 2.72. The molecule has 3 rings (SSSR count). The first kappa shape index (κ1) is 20.4. The Morgan fingerprint density at radius 2 is 1.86 bits per heavy atom. The molecule has 1 fully saturated rings. The number of likely N-dealkylation sites (N-methyl/N-ethyl adjacent to an activating group) is 1. The maximum absolute atomic E-state index is 11.9. The van der Waals surface area contributed by atoms with Crippen LogP contribution in [0.15, 0.2) is 39.5 Å². The maximum Gasteiger partial charge on any atom is 0.336 e. The van der Waals surface area contributed by atoms with Crippen molar-refractivity contribution in [3.63, 3.8) is 0 Å². The molecule has 0 spiro atoms. The number of fused-ring (bicyclic) bond motifs is 1. The number of benzene rings is 1. The minimum Gasteiger partial charge on any atom is -0.484 e. The van der Waals surface area contributed by atoms with E-state index in [2.05, 4.69) is 22.0 Å². The van der Waals surface area contributed by atoms with Crippen molar-refractivity contribution in [3.05, 3.63) is 40.8 Å². The molecule has 0 saturated carbocycles. The van der Waals surface area contributed by atoms with Gasteiger partial charge in [-0.3, -0.25) is 4.79 Å². The van der Waals surface area contributed by atoms with Crippen LogP contribution in [0.2, 0.25) is 0 Å². The molecule has 0 bridgehead atoms. The van der Waals surface area contributed by atoms with Gasteiger partial charge in [0.05, 0.1) is 0 Å². The molecule has 0 atom stereocenters. The van der Waals surface area contributed by atoms with Crippen LogP contribution in [0.5, 0.6) is 5.75 Å².